The molecule has 0 atom stereocenters. The summed E-state index contributed by atoms with van der Waals surface area (Å²) in [5, 5.41) is 11.2. The Hall–Kier alpha value is -2.38. The highest BCUT2D eigenvalue weighted by atomic mass is 32.2. The normalized spacial score (nSPS) is 11.3. The van der Waals surface area contributed by atoms with E-state index in [-0.39, 0.29) is 5.91 Å². The van der Waals surface area contributed by atoms with E-state index in [1.165, 1.54) is 16.5 Å². The van der Waals surface area contributed by atoms with Gasteiger partial charge < -0.3 is 4.90 Å². The van der Waals surface area contributed by atoms with E-state index in [9.17, 15) is 4.79 Å². The van der Waals surface area contributed by atoms with E-state index in [0.29, 0.717) is 18.8 Å². The van der Waals surface area contributed by atoms with E-state index in [1.54, 1.807) is 17.7 Å². The maximum atomic E-state index is 12.7. The smallest absolute Gasteiger partial charge is 0.233 e. The second-order valence-corrected chi connectivity index (χ2v) is 7.80. The second kappa shape index (κ2) is 7.47. The van der Waals surface area contributed by atoms with Gasteiger partial charge in [0.05, 0.1) is 21.5 Å². The van der Waals surface area contributed by atoms with Crippen LogP contribution >= 0.6 is 23.1 Å². The molecule has 26 heavy (non-hydrogen) atoms. The maximum Gasteiger partial charge on any atom is 0.233 e. The SMILES string of the molecule is CCN(Cc1ccccc1)C(=O)CSc1nncn2c1cc1sccc12. The Labute approximate surface area is 159 Å². The zero-order chi connectivity index (χ0) is 17.9. The van der Waals surface area contributed by atoms with Crippen LogP contribution in [0.15, 0.2) is 59.2 Å². The number of rotatable bonds is 6. The van der Waals surface area contributed by atoms with Crippen molar-refractivity contribution in [2.45, 2.75) is 18.5 Å². The zero-order valence-corrected chi connectivity index (χ0v) is 16.0. The number of aromatic nitrogens is 3. The minimum Gasteiger partial charge on any atom is -0.338 e. The minimum absolute atomic E-state index is 0.110. The Kier molecular flexibility index (Phi) is 4.90. The van der Waals surface area contributed by atoms with E-state index in [4.69, 9.17) is 0 Å². The molecule has 0 N–H and O–H groups in total. The second-order valence-electron chi connectivity index (χ2n) is 5.89. The van der Waals surface area contributed by atoms with Gasteiger partial charge in [-0.1, -0.05) is 42.1 Å². The topological polar surface area (TPSA) is 50.5 Å². The van der Waals surface area contributed by atoms with Crippen LogP contribution in [0.5, 0.6) is 0 Å². The van der Waals surface area contributed by atoms with Crippen LogP contribution in [-0.4, -0.2) is 37.7 Å². The monoisotopic (exact) mass is 382 g/mol. The average Bonchev–Trinajstić information content (AvgIpc) is 3.26. The number of benzene rings is 1. The van der Waals surface area contributed by atoms with Crippen LogP contribution in [0.2, 0.25) is 0 Å². The van der Waals surface area contributed by atoms with E-state index in [2.05, 4.69) is 27.7 Å². The van der Waals surface area contributed by atoms with Gasteiger partial charge in [0.2, 0.25) is 5.91 Å². The minimum atomic E-state index is 0.110. The van der Waals surface area contributed by atoms with Crippen molar-refractivity contribution >= 4 is 44.7 Å². The van der Waals surface area contributed by atoms with Gasteiger partial charge in [-0.2, -0.15) is 0 Å². The number of thioether (sulfide) groups is 1. The van der Waals surface area contributed by atoms with Crippen LogP contribution in [0, 0.1) is 0 Å². The van der Waals surface area contributed by atoms with Gasteiger partial charge in [-0.25, -0.2) is 0 Å². The molecule has 0 radical (unpaired) electrons. The molecule has 0 aliphatic carbocycles. The summed E-state index contributed by atoms with van der Waals surface area (Å²) in [6, 6.07) is 14.3. The van der Waals surface area contributed by atoms with Gasteiger partial charge in [0, 0.05) is 13.1 Å². The Morgan fingerprint density at radius 2 is 2.08 bits per heavy atom. The molecular formula is C19H18N4OS2. The molecule has 4 rings (SSSR count). The van der Waals surface area contributed by atoms with Crippen LogP contribution in [-0.2, 0) is 11.3 Å². The molecule has 0 saturated heterocycles. The summed E-state index contributed by atoms with van der Waals surface area (Å²) in [5.74, 6) is 0.465. The molecule has 0 aliphatic heterocycles. The first-order valence-electron chi connectivity index (χ1n) is 8.40. The molecule has 0 fully saturated rings. The maximum absolute atomic E-state index is 12.7. The molecule has 7 heteroatoms. The van der Waals surface area contributed by atoms with E-state index in [0.717, 1.165) is 21.6 Å². The van der Waals surface area contributed by atoms with Crippen molar-refractivity contribution in [2.24, 2.45) is 0 Å². The third kappa shape index (κ3) is 3.32. The molecule has 3 aromatic heterocycles. The van der Waals surface area contributed by atoms with Crippen molar-refractivity contribution in [1.82, 2.24) is 19.5 Å². The van der Waals surface area contributed by atoms with Gasteiger partial charge in [0.1, 0.15) is 11.4 Å². The third-order valence-corrected chi connectivity index (χ3v) is 6.09. The number of amides is 1. The molecule has 0 spiro atoms. The first-order valence-corrected chi connectivity index (χ1v) is 10.3. The van der Waals surface area contributed by atoms with Crippen LogP contribution in [0.1, 0.15) is 12.5 Å². The van der Waals surface area contributed by atoms with Gasteiger partial charge in [-0.15, -0.1) is 21.5 Å². The molecule has 0 unspecified atom stereocenters. The first-order chi connectivity index (χ1) is 12.8. The van der Waals surface area contributed by atoms with Gasteiger partial charge in [0.15, 0.2) is 0 Å². The molecule has 1 amide bonds. The number of nitrogens with zero attached hydrogens (tertiary/aromatic N) is 4. The fourth-order valence-corrected chi connectivity index (χ4v) is 4.58. The number of carbonyl (C=O) groups excluding carboxylic acids is 1. The predicted molar refractivity (Wildman–Crippen MR) is 107 cm³/mol. The fraction of sp³-hybridized carbons (Fsp3) is 0.211. The summed E-state index contributed by atoms with van der Waals surface area (Å²) in [6.45, 7) is 3.33. The lowest BCUT2D eigenvalue weighted by atomic mass is 10.2. The molecule has 132 valence electrons. The van der Waals surface area contributed by atoms with Gasteiger partial charge in [-0.3, -0.25) is 9.20 Å². The third-order valence-electron chi connectivity index (χ3n) is 4.28. The van der Waals surface area contributed by atoms with Crippen molar-refractivity contribution in [3.63, 3.8) is 0 Å². The number of carbonyl (C=O) groups is 1. The van der Waals surface area contributed by atoms with Crippen LogP contribution in [0.3, 0.4) is 0 Å². The lowest BCUT2D eigenvalue weighted by molar-refractivity contribution is -0.128. The number of fused-ring (bicyclic) bond motifs is 3. The highest BCUT2D eigenvalue weighted by Crippen LogP contribution is 2.29. The number of thiophene rings is 1. The van der Waals surface area contributed by atoms with E-state index in [1.807, 2.05) is 46.6 Å². The van der Waals surface area contributed by atoms with Gasteiger partial charge >= 0.3 is 0 Å². The van der Waals surface area contributed by atoms with E-state index < -0.39 is 0 Å². The van der Waals surface area contributed by atoms with Gasteiger partial charge in [-0.05, 0) is 30.0 Å². The number of hydrogen-bond donors (Lipinski definition) is 0. The average molecular weight is 383 g/mol. The Morgan fingerprint density at radius 1 is 1.23 bits per heavy atom. The molecule has 4 aromatic rings. The Balaban J connectivity index is 1.49. The molecular weight excluding hydrogens is 364 g/mol. The lowest BCUT2D eigenvalue weighted by Gasteiger charge is -2.20. The van der Waals surface area contributed by atoms with Crippen molar-refractivity contribution in [3.8, 4) is 0 Å². The molecule has 3 heterocycles. The molecule has 0 bridgehead atoms. The molecule has 5 nitrogen and oxygen atoms in total. The standard InChI is InChI=1S/C19H18N4OS2/c1-2-22(11-14-6-4-3-5-7-14)18(24)12-26-19-16-10-17-15(8-9-25-17)23(16)13-20-21-19/h3-10,13H,2,11-12H2,1H3. The molecule has 1 aromatic carbocycles. The summed E-state index contributed by atoms with van der Waals surface area (Å²) < 4.78 is 3.24. The van der Waals surface area contributed by atoms with Crippen molar-refractivity contribution in [2.75, 3.05) is 12.3 Å². The highest BCUT2D eigenvalue weighted by molar-refractivity contribution is 8.00. The van der Waals surface area contributed by atoms with Crippen LogP contribution in [0.4, 0.5) is 0 Å². The Morgan fingerprint density at radius 3 is 2.88 bits per heavy atom. The Bertz CT molecular complexity index is 1040. The highest BCUT2D eigenvalue weighted by Gasteiger charge is 2.15. The summed E-state index contributed by atoms with van der Waals surface area (Å²) in [4.78, 5) is 14.5. The van der Waals surface area contributed by atoms with Crippen molar-refractivity contribution < 1.29 is 4.79 Å². The fourth-order valence-electron chi connectivity index (χ4n) is 2.92. The van der Waals surface area contributed by atoms with Crippen molar-refractivity contribution in [1.29, 1.82) is 0 Å². The molecule has 0 saturated carbocycles. The largest absolute Gasteiger partial charge is 0.338 e. The van der Waals surface area contributed by atoms with E-state index >= 15 is 0 Å². The van der Waals surface area contributed by atoms with Crippen molar-refractivity contribution in [3.05, 3.63) is 59.7 Å². The summed E-state index contributed by atoms with van der Waals surface area (Å²) >= 11 is 3.14. The van der Waals surface area contributed by atoms with Crippen LogP contribution in [0.25, 0.3) is 15.7 Å². The summed E-state index contributed by atoms with van der Waals surface area (Å²) in [7, 11) is 0. The summed E-state index contributed by atoms with van der Waals surface area (Å²) in [5.41, 5.74) is 3.28. The number of hydrogen-bond acceptors (Lipinski definition) is 5. The van der Waals surface area contributed by atoms with Crippen LogP contribution < -0.4 is 0 Å². The quantitative estimate of drug-likeness (QED) is 0.472. The zero-order valence-electron chi connectivity index (χ0n) is 14.3. The lowest BCUT2D eigenvalue weighted by Crippen LogP contribution is -2.31. The molecule has 0 aliphatic rings. The first kappa shape index (κ1) is 17.1. The van der Waals surface area contributed by atoms with Gasteiger partial charge in [0.25, 0.3) is 0 Å². The predicted octanol–water partition coefficient (Wildman–Crippen LogP) is 4.08. The summed E-state index contributed by atoms with van der Waals surface area (Å²) in [6.07, 6.45) is 1.73.